The first kappa shape index (κ1) is 10.3. The van der Waals surface area contributed by atoms with Gasteiger partial charge in [-0.25, -0.2) is 0 Å². The van der Waals surface area contributed by atoms with Gasteiger partial charge in [0.05, 0.1) is 17.7 Å². The number of pyridine rings is 1. The van der Waals surface area contributed by atoms with E-state index in [1.54, 1.807) is 6.20 Å². The van der Waals surface area contributed by atoms with E-state index >= 15 is 0 Å². The predicted molar refractivity (Wildman–Crippen MR) is 58.8 cm³/mol. The van der Waals surface area contributed by atoms with Crippen LogP contribution in [0.2, 0.25) is 0 Å². The Kier molecular flexibility index (Phi) is 2.82. The number of Topliss-reactive ketones (excluding diaryl/α,β-unsaturated/α-hetero) is 1. The van der Waals surface area contributed by atoms with E-state index in [-0.39, 0.29) is 17.7 Å². The van der Waals surface area contributed by atoms with Gasteiger partial charge in [-0.1, -0.05) is 6.07 Å². The van der Waals surface area contributed by atoms with Crippen molar-refractivity contribution in [2.75, 3.05) is 7.05 Å². The summed E-state index contributed by atoms with van der Waals surface area (Å²) >= 11 is 0. The molecule has 0 saturated heterocycles. The maximum absolute atomic E-state index is 12.0. The van der Waals surface area contributed by atoms with E-state index in [0.717, 1.165) is 18.5 Å². The predicted octanol–water partition coefficient (Wildman–Crippen LogP) is 1.29. The molecule has 0 spiro atoms. The van der Waals surface area contributed by atoms with Crippen LogP contribution in [0.3, 0.4) is 0 Å². The molecular formula is C12H16N2O. The van der Waals surface area contributed by atoms with Crippen LogP contribution in [0.1, 0.15) is 30.5 Å². The molecule has 2 rings (SSSR count). The first-order valence-corrected chi connectivity index (χ1v) is 5.39. The highest BCUT2D eigenvalue weighted by molar-refractivity contribution is 5.90. The van der Waals surface area contributed by atoms with Gasteiger partial charge >= 0.3 is 0 Å². The molecule has 0 bridgehead atoms. The van der Waals surface area contributed by atoms with E-state index in [4.69, 9.17) is 0 Å². The molecule has 0 saturated carbocycles. The summed E-state index contributed by atoms with van der Waals surface area (Å²) in [5.41, 5.74) is 2.23. The number of nitrogens with zero attached hydrogens (tertiary/aromatic N) is 1. The van der Waals surface area contributed by atoms with E-state index in [1.807, 2.05) is 20.0 Å². The Labute approximate surface area is 89.9 Å². The van der Waals surface area contributed by atoms with Gasteiger partial charge in [0.1, 0.15) is 0 Å². The first-order valence-electron chi connectivity index (χ1n) is 5.39. The Hall–Kier alpha value is -1.22. The standard InChI is InChI=1S/C12H16N2O/c1-8(13-2)12(15)10-6-5-9-4-3-7-14-11(9)10/h3-4,7-8,10,13H,5-6H2,1-2H3. The fourth-order valence-electron chi connectivity index (χ4n) is 2.13. The molecular weight excluding hydrogens is 188 g/mol. The minimum absolute atomic E-state index is 0.00338. The van der Waals surface area contributed by atoms with Crippen molar-refractivity contribution in [1.29, 1.82) is 0 Å². The highest BCUT2D eigenvalue weighted by Gasteiger charge is 2.31. The van der Waals surface area contributed by atoms with Crippen LogP contribution in [0.25, 0.3) is 0 Å². The van der Waals surface area contributed by atoms with Gasteiger partial charge in [-0.2, -0.15) is 0 Å². The number of nitrogens with one attached hydrogen (secondary N) is 1. The second-order valence-electron chi connectivity index (χ2n) is 4.05. The van der Waals surface area contributed by atoms with Crippen molar-refractivity contribution in [1.82, 2.24) is 10.3 Å². The number of fused-ring (bicyclic) bond motifs is 1. The lowest BCUT2D eigenvalue weighted by Gasteiger charge is -2.14. The maximum atomic E-state index is 12.0. The van der Waals surface area contributed by atoms with Crippen molar-refractivity contribution in [2.45, 2.75) is 31.7 Å². The molecule has 2 atom stereocenters. The first-order chi connectivity index (χ1) is 7.24. The molecule has 3 heteroatoms. The molecule has 80 valence electrons. The summed E-state index contributed by atoms with van der Waals surface area (Å²) in [5.74, 6) is 0.263. The number of likely N-dealkylation sites (N-methyl/N-ethyl adjacent to an activating group) is 1. The number of carbonyl (C=O) groups excluding carboxylic acids is 1. The van der Waals surface area contributed by atoms with E-state index in [0.29, 0.717) is 0 Å². The molecule has 1 aromatic rings. The Morgan fingerprint density at radius 2 is 2.47 bits per heavy atom. The summed E-state index contributed by atoms with van der Waals surface area (Å²) in [6.45, 7) is 1.91. The Morgan fingerprint density at radius 3 is 3.20 bits per heavy atom. The molecule has 1 aliphatic rings. The maximum Gasteiger partial charge on any atom is 0.158 e. The third-order valence-electron chi connectivity index (χ3n) is 3.16. The van der Waals surface area contributed by atoms with E-state index in [2.05, 4.69) is 16.4 Å². The third kappa shape index (κ3) is 1.79. The molecule has 1 heterocycles. The summed E-state index contributed by atoms with van der Waals surface area (Å²) in [4.78, 5) is 16.4. The monoisotopic (exact) mass is 204 g/mol. The van der Waals surface area contributed by atoms with Gasteiger partial charge in [0.25, 0.3) is 0 Å². The minimum Gasteiger partial charge on any atom is -0.311 e. The molecule has 0 amide bonds. The van der Waals surface area contributed by atoms with Gasteiger partial charge in [-0.05, 0) is 38.4 Å². The number of hydrogen-bond acceptors (Lipinski definition) is 3. The summed E-state index contributed by atoms with van der Waals surface area (Å²) in [6.07, 6.45) is 3.67. The van der Waals surface area contributed by atoms with E-state index in [1.165, 1.54) is 5.56 Å². The molecule has 0 radical (unpaired) electrons. The number of aryl methyl sites for hydroxylation is 1. The third-order valence-corrected chi connectivity index (χ3v) is 3.16. The smallest absolute Gasteiger partial charge is 0.158 e. The average Bonchev–Trinajstić information content (AvgIpc) is 2.70. The lowest BCUT2D eigenvalue weighted by atomic mass is 9.96. The summed E-state index contributed by atoms with van der Waals surface area (Å²) in [7, 11) is 1.82. The van der Waals surface area contributed by atoms with Crippen molar-refractivity contribution in [3.63, 3.8) is 0 Å². The molecule has 0 fully saturated rings. The van der Waals surface area contributed by atoms with Crippen molar-refractivity contribution in [2.24, 2.45) is 0 Å². The quantitative estimate of drug-likeness (QED) is 0.806. The van der Waals surface area contributed by atoms with Gasteiger partial charge in [0, 0.05) is 6.20 Å². The largest absolute Gasteiger partial charge is 0.311 e. The minimum atomic E-state index is -0.0806. The number of aromatic nitrogens is 1. The topological polar surface area (TPSA) is 42.0 Å². The Morgan fingerprint density at radius 1 is 1.67 bits per heavy atom. The SMILES string of the molecule is CNC(C)C(=O)C1CCc2cccnc21. The molecule has 0 aromatic carbocycles. The van der Waals surface area contributed by atoms with Crippen LogP contribution < -0.4 is 5.32 Å². The van der Waals surface area contributed by atoms with Crippen LogP contribution in [0.4, 0.5) is 0 Å². The number of carbonyl (C=O) groups is 1. The number of ketones is 1. The van der Waals surface area contributed by atoms with Gasteiger partial charge in [0.2, 0.25) is 0 Å². The molecule has 3 nitrogen and oxygen atoms in total. The van der Waals surface area contributed by atoms with E-state index < -0.39 is 0 Å². The Balaban J connectivity index is 2.24. The zero-order valence-electron chi connectivity index (χ0n) is 9.16. The van der Waals surface area contributed by atoms with Gasteiger partial charge in [-0.3, -0.25) is 9.78 Å². The van der Waals surface area contributed by atoms with Crippen LogP contribution in [-0.4, -0.2) is 23.9 Å². The molecule has 15 heavy (non-hydrogen) atoms. The lowest BCUT2D eigenvalue weighted by Crippen LogP contribution is -2.34. The summed E-state index contributed by atoms with van der Waals surface area (Å²) in [5, 5.41) is 3.00. The molecule has 0 aliphatic heterocycles. The van der Waals surface area contributed by atoms with Crippen LogP contribution in [0.5, 0.6) is 0 Å². The van der Waals surface area contributed by atoms with Gasteiger partial charge < -0.3 is 5.32 Å². The zero-order chi connectivity index (χ0) is 10.8. The second-order valence-corrected chi connectivity index (χ2v) is 4.05. The van der Waals surface area contributed by atoms with E-state index in [9.17, 15) is 4.79 Å². The van der Waals surface area contributed by atoms with Crippen molar-refractivity contribution in [3.05, 3.63) is 29.6 Å². The van der Waals surface area contributed by atoms with Gasteiger partial charge in [0.15, 0.2) is 5.78 Å². The Bertz CT molecular complexity index is 376. The van der Waals surface area contributed by atoms with Crippen molar-refractivity contribution < 1.29 is 4.79 Å². The van der Waals surface area contributed by atoms with Crippen LogP contribution in [0, 0.1) is 0 Å². The highest BCUT2D eigenvalue weighted by atomic mass is 16.1. The second kappa shape index (κ2) is 4.11. The summed E-state index contributed by atoms with van der Waals surface area (Å²) in [6, 6.07) is 3.93. The molecule has 1 aromatic heterocycles. The number of rotatable bonds is 3. The molecule has 1 N–H and O–H groups in total. The fraction of sp³-hybridized carbons (Fsp3) is 0.500. The van der Waals surface area contributed by atoms with Crippen LogP contribution in [0.15, 0.2) is 18.3 Å². The zero-order valence-corrected chi connectivity index (χ0v) is 9.16. The normalized spacial score (nSPS) is 21.1. The fourth-order valence-corrected chi connectivity index (χ4v) is 2.13. The van der Waals surface area contributed by atoms with Gasteiger partial charge in [-0.15, -0.1) is 0 Å². The molecule has 1 aliphatic carbocycles. The molecule has 2 unspecified atom stereocenters. The number of hydrogen-bond donors (Lipinski definition) is 1. The van der Waals surface area contributed by atoms with Crippen molar-refractivity contribution >= 4 is 5.78 Å². The van der Waals surface area contributed by atoms with Crippen molar-refractivity contribution in [3.8, 4) is 0 Å². The van der Waals surface area contributed by atoms with Crippen LogP contribution >= 0.6 is 0 Å². The summed E-state index contributed by atoms with van der Waals surface area (Å²) < 4.78 is 0. The average molecular weight is 204 g/mol. The van der Waals surface area contributed by atoms with Crippen LogP contribution in [-0.2, 0) is 11.2 Å². The highest BCUT2D eigenvalue weighted by Crippen LogP contribution is 2.32. The lowest BCUT2D eigenvalue weighted by molar-refractivity contribution is -0.122.